The number of amides is 2. The van der Waals surface area contributed by atoms with Gasteiger partial charge in [-0.15, -0.1) is 0 Å². The molecule has 1 aliphatic rings. The predicted octanol–water partition coefficient (Wildman–Crippen LogP) is 1.18. The Bertz CT molecular complexity index is 200. The van der Waals surface area contributed by atoms with Crippen LogP contribution < -0.4 is 10.6 Å². The van der Waals surface area contributed by atoms with Gasteiger partial charge in [0.15, 0.2) is 0 Å². The summed E-state index contributed by atoms with van der Waals surface area (Å²) in [5.74, 6) is 0. The van der Waals surface area contributed by atoms with Crippen molar-refractivity contribution in [3.05, 3.63) is 0 Å². The Kier molecular flexibility index (Phi) is 4.88. The zero-order valence-electron chi connectivity index (χ0n) is 10.0. The molecule has 0 aromatic rings. The van der Waals surface area contributed by atoms with E-state index >= 15 is 0 Å². The van der Waals surface area contributed by atoms with Gasteiger partial charge in [0.25, 0.3) is 0 Å². The summed E-state index contributed by atoms with van der Waals surface area (Å²) in [6.45, 7) is 2.90. The van der Waals surface area contributed by atoms with Crippen molar-refractivity contribution in [1.82, 2.24) is 15.5 Å². The lowest BCUT2D eigenvalue weighted by Gasteiger charge is -2.20. The molecule has 0 heterocycles. The molecule has 0 bridgehead atoms. The van der Waals surface area contributed by atoms with Crippen LogP contribution in [0.2, 0.25) is 0 Å². The Balaban J connectivity index is 2.16. The maximum atomic E-state index is 11.6. The lowest BCUT2D eigenvalue weighted by Crippen LogP contribution is -2.47. The molecule has 88 valence electrons. The van der Waals surface area contributed by atoms with Crippen LogP contribution in [0.1, 0.15) is 32.6 Å². The van der Waals surface area contributed by atoms with Crippen molar-refractivity contribution in [2.75, 3.05) is 20.6 Å². The summed E-state index contributed by atoms with van der Waals surface area (Å²) >= 11 is 0. The van der Waals surface area contributed by atoms with E-state index in [0.717, 1.165) is 19.4 Å². The van der Waals surface area contributed by atoms with Gasteiger partial charge in [-0.05, 0) is 33.9 Å². The third-order valence-corrected chi connectivity index (χ3v) is 2.71. The maximum Gasteiger partial charge on any atom is 0.315 e. The first-order valence-corrected chi connectivity index (χ1v) is 5.79. The van der Waals surface area contributed by atoms with Crippen LogP contribution >= 0.6 is 0 Å². The summed E-state index contributed by atoms with van der Waals surface area (Å²) in [4.78, 5) is 13.6. The first kappa shape index (κ1) is 12.3. The number of urea groups is 1. The van der Waals surface area contributed by atoms with E-state index in [9.17, 15) is 4.79 Å². The molecule has 1 atom stereocenters. The largest absolute Gasteiger partial charge is 0.335 e. The number of hydrogen-bond acceptors (Lipinski definition) is 2. The first-order chi connectivity index (χ1) is 7.08. The van der Waals surface area contributed by atoms with E-state index in [-0.39, 0.29) is 12.1 Å². The SMILES string of the molecule is CC(CN(C)C)NC(=O)NC1CCCC1. The van der Waals surface area contributed by atoms with Crippen LogP contribution in [0.15, 0.2) is 0 Å². The van der Waals surface area contributed by atoms with Crippen LogP contribution in [0.5, 0.6) is 0 Å². The van der Waals surface area contributed by atoms with Gasteiger partial charge in [0.2, 0.25) is 0 Å². The molecule has 2 amide bonds. The number of likely N-dealkylation sites (N-methyl/N-ethyl adjacent to an activating group) is 1. The zero-order valence-corrected chi connectivity index (χ0v) is 10.0. The third-order valence-electron chi connectivity index (χ3n) is 2.71. The fraction of sp³-hybridized carbons (Fsp3) is 0.909. The fourth-order valence-corrected chi connectivity index (χ4v) is 2.11. The minimum absolute atomic E-state index is 0.0174. The van der Waals surface area contributed by atoms with E-state index in [4.69, 9.17) is 0 Å². The number of nitrogens with zero attached hydrogens (tertiary/aromatic N) is 1. The lowest BCUT2D eigenvalue weighted by atomic mass is 10.2. The highest BCUT2D eigenvalue weighted by atomic mass is 16.2. The third kappa shape index (κ3) is 5.02. The summed E-state index contributed by atoms with van der Waals surface area (Å²) in [7, 11) is 4.01. The average Bonchev–Trinajstić information content (AvgIpc) is 2.53. The second kappa shape index (κ2) is 5.95. The van der Waals surface area contributed by atoms with Gasteiger partial charge in [-0.1, -0.05) is 12.8 Å². The Hall–Kier alpha value is -0.770. The smallest absolute Gasteiger partial charge is 0.315 e. The van der Waals surface area contributed by atoms with Gasteiger partial charge in [0, 0.05) is 18.6 Å². The van der Waals surface area contributed by atoms with Crippen LogP contribution in [0.25, 0.3) is 0 Å². The van der Waals surface area contributed by atoms with E-state index in [0.29, 0.717) is 6.04 Å². The fourth-order valence-electron chi connectivity index (χ4n) is 2.11. The number of carbonyl (C=O) groups is 1. The van der Waals surface area contributed by atoms with Crippen LogP contribution in [0, 0.1) is 0 Å². The van der Waals surface area contributed by atoms with Crippen molar-refractivity contribution >= 4 is 6.03 Å². The highest BCUT2D eigenvalue weighted by Gasteiger charge is 2.17. The molecule has 0 aromatic heterocycles. The molecule has 1 saturated carbocycles. The molecule has 2 N–H and O–H groups in total. The van der Waals surface area contributed by atoms with Gasteiger partial charge in [0.1, 0.15) is 0 Å². The summed E-state index contributed by atoms with van der Waals surface area (Å²) in [6.07, 6.45) is 4.77. The van der Waals surface area contributed by atoms with Gasteiger partial charge in [-0.25, -0.2) is 4.79 Å². The summed E-state index contributed by atoms with van der Waals surface area (Å²) in [5.41, 5.74) is 0. The van der Waals surface area contributed by atoms with E-state index in [1.807, 2.05) is 21.0 Å². The van der Waals surface area contributed by atoms with E-state index in [2.05, 4.69) is 15.5 Å². The second-order valence-electron chi connectivity index (χ2n) is 4.76. The molecule has 1 rings (SSSR count). The number of hydrogen-bond donors (Lipinski definition) is 2. The van der Waals surface area contributed by atoms with E-state index in [1.54, 1.807) is 0 Å². The minimum atomic E-state index is -0.0174. The predicted molar refractivity (Wildman–Crippen MR) is 61.9 cm³/mol. The topological polar surface area (TPSA) is 44.4 Å². The molecule has 0 spiro atoms. The Morgan fingerprint density at radius 3 is 2.53 bits per heavy atom. The van der Waals surface area contributed by atoms with E-state index < -0.39 is 0 Å². The molecule has 0 aromatic carbocycles. The average molecular weight is 213 g/mol. The quantitative estimate of drug-likeness (QED) is 0.736. The molecule has 15 heavy (non-hydrogen) atoms. The van der Waals surface area contributed by atoms with Crippen LogP contribution in [-0.2, 0) is 0 Å². The van der Waals surface area contributed by atoms with Crippen molar-refractivity contribution in [1.29, 1.82) is 0 Å². The number of rotatable bonds is 4. The molecule has 0 saturated heterocycles. The van der Waals surface area contributed by atoms with Crippen LogP contribution in [0.3, 0.4) is 0 Å². The van der Waals surface area contributed by atoms with Crippen molar-refractivity contribution in [2.45, 2.75) is 44.7 Å². The molecular formula is C11H23N3O. The zero-order chi connectivity index (χ0) is 11.3. The summed E-state index contributed by atoms with van der Waals surface area (Å²) in [5, 5.41) is 5.96. The van der Waals surface area contributed by atoms with Gasteiger partial charge < -0.3 is 15.5 Å². The molecule has 4 heteroatoms. The molecule has 0 radical (unpaired) electrons. The molecule has 4 nitrogen and oxygen atoms in total. The Morgan fingerprint density at radius 1 is 1.40 bits per heavy atom. The van der Waals surface area contributed by atoms with Gasteiger partial charge in [0.05, 0.1) is 0 Å². The molecule has 1 fully saturated rings. The Morgan fingerprint density at radius 2 is 2.00 bits per heavy atom. The van der Waals surface area contributed by atoms with Gasteiger partial charge >= 0.3 is 6.03 Å². The number of carbonyl (C=O) groups excluding carboxylic acids is 1. The van der Waals surface area contributed by atoms with Crippen LogP contribution in [0.4, 0.5) is 4.79 Å². The number of nitrogens with one attached hydrogen (secondary N) is 2. The second-order valence-corrected chi connectivity index (χ2v) is 4.76. The van der Waals surface area contributed by atoms with E-state index in [1.165, 1.54) is 12.8 Å². The Labute approximate surface area is 92.4 Å². The van der Waals surface area contributed by atoms with Crippen molar-refractivity contribution < 1.29 is 4.79 Å². The van der Waals surface area contributed by atoms with Gasteiger partial charge in [-0.3, -0.25) is 0 Å². The minimum Gasteiger partial charge on any atom is -0.335 e. The highest BCUT2D eigenvalue weighted by molar-refractivity contribution is 5.74. The maximum absolute atomic E-state index is 11.6. The highest BCUT2D eigenvalue weighted by Crippen LogP contribution is 2.17. The van der Waals surface area contributed by atoms with Crippen LogP contribution in [-0.4, -0.2) is 43.7 Å². The molecule has 0 aliphatic heterocycles. The lowest BCUT2D eigenvalue weighted by molar-refractivity contribution is 0.230. The normalized spacial score (nSPS) is 19.2. The summed E-state index contributed by atoms with van der Waals surface area (Å²) < 4.78 is 0. The standard InChI is InChI=1S/C11H23N3O/c1-9(8-14(2)3)12-11(15)13-10-6-4-5-7-10/h9-10H,4-8H2,1-3H3,(H2,12,13,15). The monoisotopic (exact) mass is 213 g/mol. The molecule has 1 unspecified atom stereocenters. The summed E-state index contributed by atoms with van der Waals surface area (Å²) in [6, 6.07) is 0.578. The van der Waals surface area contributed by atoms with Crippen molar-refractivity contribution in [3.8, 4) is 0 Å². The van der Waals surface area contributed by atoms with Crippen molar-refractivity contribution in [2.24, 2.45) is 0 Å². The first-order valence-electron chi connectivity index (χ1n) is 5.79. The van der Waals surface area contributed by atoms with Gasteiger partial charge in [-0.2, -0.15) is 0 Å². The molecule has 1 aliphatic carbocycles. The molecular weight excluding hydrogens is 190 g/mol. The van der Waals surface area contributed by atoms with Crippen molar-refractivity contribution in [3.63, 3.8) is 0 Å².